The van der Waals surface area contributed by atoms with Crippen LogP contribution in [0.25, 0.3) is 0 Å². The topological polar surface area (TPSA) is 29.1 Å². The number of rotatable bonds is 2. The highest BCUT2D eigenvalue weighted by Crippen LogP contribution is 2.31. The van der Waals surface area contributed by atoms with E-state index in [-0.39, 0.29) is 5.54 Å². The summed E-state index contributed by atoms with van der Waals surface area (Å²) in [6.07, 6.45) is 3.03. The minimum Gasteiger partial charge on any atom is -0.308 e. The van der Waals surface area contributed by atoms with Crippen molar-refractivity contribution in [2.45, 2.75) is 18.4 Å². The van der Waals surface area contributed by atoms with Crippen LogP contribution in [0.5, 0.6) is 0 Å². The fourth-order valence-electron chi connectivity index (χ4n) is 0.561. The lowest BCUT2D eigenvalue weighted by atomic mass is 10.3. The van der Waals surface area contributed by atoms with E-state index < -0.39 is 0 Å². The molecule has 0 saturated heterocycles. The average molecular weight is 99.1 g/mol. The first-order valence-electron chi connectivity index (χ1n) is 2.48. The van der Waals surface area contributed by atoms with Gasteiger partial charge in [-0.25, -0.2) is 0 Å². The molecule has 0 aliphatic heterocycles. The van der Waals surface area contributed by atoms with Crippen LogP contribution in [-0.2, 0) is 4.79 Å². The van der Waals surface area contributed by atoms with E-state index in [0.717, 1.165) is 19.1 Å². The molecule has 0 atom stereocenters. The van der Waals surface area contributed by atoms with E-state index in [1.54, 1.807) is 0 Å². The zero-order chi connectivity index (χ0) is 5.33. The van der Waals surface area contributed by atoms with Crippen LogP contribution in [0, 0.1) is 0 Å². The lowest BCUT2D eigenvalue weighted by Gasteiger charge is -1.99. The van der Waals surface area contributed by atoms with Crippen LogP contribution in [-0.4, -0.2) is 18.9 Å². The number of likely N-dealkylation sites (N-methyl/N-ethyl adjacent to an activating group) is 1. The third-order valence-electron chi connectivity index (χ3n) is 1.51. The molecular weight excluding hydrogens is 90.1 g/mol. The molecule has 1 aliphatic rings. The van der Waals surface area contributed by atoms with E-state index in [1.807, 2.05) is 7.05 Å². The molecule has 0 amide bonds. The third kappa shape index (κ3) is 0.657. The van der Waals surface area contributed by atoms with Crippen LogP contribution in [0.3, 0.4) is 0 Å². The number of carbonyl (C=O) groups is 1. The van der Waals surface area contributed by atoms with Gasteiger partial charge in [-0.1, -0.05) is 0 Å². The summed E-state index contributed by atoms with van der Waals surface area (Å²) in [5.74, 6) is 0. The van der Waals surface area contributed by atoms with Crippen molar-refractivity contribution in [1.29, 1.82) is 0 Å². The van der Waals surface area contributed by atoms with Crippen molar-refractivity contribution >= 4 is 6.29 Å². The molecule has 40 valence electrons. The van der Waals surface area contributed by atoms with E-state index >= 15 is 0 Å². The van der Waals surface area contributed by atoms with Crippen molar-refractivity contribution in [2.75, 3.05) is 7.05 Å². The van der Waals surface area contributed by atoms with Crippen molar-refractivity contribution in [3.63, 3.8) is 0 Å². The Kier molecular flexibility index (Phi) is 0.889. The van der Waals surface area contributed by atoms with E-state index in [1.165, 1.54) is 0 Å². The number of nitrogens with one attached hydrogen (secondary N) is 1. The Balaban J connectivity index is 2.42. The van der Waals surface area contributed by atoms with Crippen molar-refractivity contribution < 1.29 is 4.79 Å². The minimum atomic E-state index is -0.0972. The Bertz CT molecular complexity index is 86.1. The fraction of sp³-hybridized carbons (Fsp3) is 0.800. The van der Waals surface area contributed by atoms with Gasteiger partial charge in [-0.15, -0.1) is 0 Å². The zero-order valence-corrected chi connectivity index (χ0v) is 4.40. The molecule has 1 fully saturated rings. The van der Waals surface area contributed by atoms with E-state index in [2.05, 4.69) is 5.32 Å². The van der Waals surface area contributed by atoms with Gasteiger partial charge in [0.2, 0.25) is 0 Å². The normalized spacial score (nSPS) is 24.1. The second kappa shape index (κ2) is 1.30. The molecule has 2 nitrogen and oxygen atoms in total. The molecule has 2 heteroatoms. The first kappa shape index (κ1) is 4.78. The SMILES string of the molecule is CNC1(C=O)CC1. The molecule has 0 aromatic heterocycles. The molecule has 0 aromatic carbocycles. The standard InChI is InChI=1S/C5H9NO/c1-6-5(4-7)2-3-5/h4,6H,2-3H2,1H3. The molecule has 0 bridgehead atoms. The van der Waals surface area contributed by atoms with Crippen molar-refractivity contribution in [2.24, 2.45) is 0 Å². The molecule has 1 aliphatic carbocycles. The van der Waals surface area contributed by atoms with Gasteiger partial charge >= 0.3 is 0 Å². The summed E-state index contributed by atoms with van der Waals surface area (Å²) in [4.78, 5) is 10.1. The van der Waals surface area contributed by atoms with E-state index in [0.29, 0.717) is 0 Å². The summed E-state index contributed by atoms with van der Waals surface area (Å²) in [7, 11) is 1.82. The number of aldehydes is 1. The predicted molar refractivity (Wildman–Crippen MR) is 27.1 cm³/mol. The number of hydrogen-bond donors (Lipinski definition) is 1. The number of hydrogen-bond acceptors (Lipinski definition) is 2. The molecular formula is C5H9NO. The summed E-state index contributed by atoms with van der Waals surface area (Å²) < 4.78 is 0. The van der Waals surface area contributed by atoms with Crippen molar-refractivity contribution in [3.05, 3.63) is 0 Å². The maximum absolute atomic E-state index is 10.1. The minimum absolute atomic E-state index is 0.0972. The second-order valence-electron chi connectivity index (χ2n) is 2.02. The van der Waals surface area contributed by atoms with Gasteiger partial charge < -0.3 is 10.1 Å². The summed E-state index contributed by atoms with van der Waals surface area (Å²) in [6.45, 7) is 0. The van der Waals surface area contributed by atoms with Crippen LogP contribution in [0.1, 0.15) is 12.8 Å². The van der Waals surface area contributed by atoms with Gasteiger partial charge in [0, 0.05) is 0 Å². The van der Waals surface area contributed by atoms with Crippen LogP contribution in [0.15, 0.2) is 0 Å². The molecule has 0 radical (unpaired) electrons. The van der Waals surface area contributed by atoms with Gasteiger partial charge in [-0.05, 0) is 19.9 Å². The highest BCUT2D eigenvalue weighted by molar-refractivity contribution is 5.68. The molecule has 1 rings (SSSR count). The Morgan fingerprint density at radius 3 is 2.29 bits per heavy atom. The Morgan fingerprint density at radius 1 is 1.71 bits per heavy atom. The molecule has 0 unspecified atom stereocenters. The predicted octanol–water partition coefficient (Wildman–Crippen LogP) is -0.0627. The van der Waals surface area contributed by atoms with Crippen LogP contribution in [0.2, 0.25) is 0 Å². The largest absolute Gasteiger partial charge is 0.308 e. The van der Waals surface area contributed by atoms with Crippen LogP contribution >= 0.6 is 0 Å². The first-order chi connectivity index (χ1) is 3.33. The summed E-state index contributed by atoms with van der Waals surface area (Å²) >= 11 is 0. The van der Waals surface area contributed by atoms with Crippen LogP contribution < -0.4 is 5.32 Å². The summed E-state index contributed by atoms with van der Waals surface area (Å²) in [6, 6.07) is 0. The maximum atomic E-state index is 10.1. The first-order valence-corrected chi connectivity index (χ1v) is 2.48. The number of carbonyl (C=O) groups excluding carboxylic acids is 1. The van der Waals surface area contributed by atoms with Gasteiger partial charge in [0.15, 0.2) is 0 Å². The van der Waals surface area contributed by atoms with Gasteiger partial charge in [0.25, 0.3) is 0 Å². The van der Waals surface area contributed by atoms with Crippen molar-refractivity contribution in [1.82, 2.24) is 5.32 Å². The quantitative estimate of drug-likeness (QED) is 0.491. The highest BCUT2D eigenvalue weighted by Gasteiger charge is 2.40. The zero-order valence-electron chi connectivity index (χ0n) is 4.40. The third-order valence-corrected chi connectivity index (χ3v) is 1.51. The van der Waals surface area contributed by atoms with Crippen LogP contribution in [0.4, 0.5) is 0 Å². The molecule has 0 aromatic rings. The lowest BCUT2D eigenvalue weighted by Crippen LogP contribution is -2.28. The Morgan fingerprint density at radius 2 is 2.29 bits per heavy atom. The molecule has 7 heavy (non-hydrogen) atoms. The van der Waals surface area contributed by atoms with E-state index in [9.17, 15) is 4.79 Å². The summed E-state index contributed by atoms with van der Waals surface area (Å²) in [5, 5.41) is 2.93. The maximum Gasteiger partial charge on any atom is 0.140 e. The van der Waals surface area contributed by atoms with Gasteiger partial charge in [-0.2, -0.15) is 0 Å². The monoisotopic (exact) mass is 99.1 g/mol. The highest BCUT2D eigenvalue weighted by atomic mass is 16.1. The van der Waals surface area contributed by atoms with Gasteiger partial charge in [-0.3, -0.25) is 0 Å². The smallest absolute Gasteiger partial charge is 0.140 e. The van der Waals surface area contributed by atoms with E-state index in [4.69, 9.17) is 0 Å². The summed E-state index contributed by atoms with van der Waals surface area (Å²) in [5.41, 5.74) is -0.0972. The molecule has 1 saturated carbocycles. The molecule has 0 spiro atoms. The average Bonchev–Trinajstić information content (AvgIpc) is 2.46. The lowest BCUT2D eigenvalue weighted by molar-refractivity contribution is -0.110. The fourth-order valence-corrected chi connectivity index (χ4v) is 0.561. The second-order valence-corrected chi connectivity index (χ2v) is 2.02. The van der Waals surface area contributed by atoms with Gasteiger partial charge in [0.05, 0.1) is 5.54 Å². The molecule has 0 heterocycles. The van der Waals surface area contributed by atoms with Gasteiger partial charge in [0.1, 0.15) is 6.29 Å². The van der Waals surface area contributed by atoms with Crippen molar-refractivity contribution in [3.8, 4) is 0 Å². The Labute approximate surface area is 42.9 Å². The Hall–Kier alpha value is -0.370. The molecule has 1 N–H and O–H groups in total.